The highest BCUT2D eigenvalue weighted by Crippen LogP contribution is 2.26. The molecule has 1 atom stereocenters. The first-order valence-electron chi connectivity index (χ1n) is 8.05. The summed E-state index contributed by atoms with van der Waals surface area (Å²) in [4.78, 5) is 24.2. The van der Waals surface area contributed by atoms with Crippen molar-refractivity contribution in [2.45, 2.75) is 6.10 Å². The zero-order valence-electron chi connectivity index (χ0n) is 13.8. The van der Waals surface area contributed by atoms with Crippen LogP contribution in [-0.4, -0.2) is 17.0 Å². The Morgan fingerprint density at radius 2 is 1.38 bits per heavy atom. The van der Waals surface area contributed by atoms with Gasteiger partial charge in [0.2, 0.25) is 6.10 Å². The third kappa shape index (κ3) is 4.08. The summed E-state index contributed by atoms with van der Waals surface area (Å²) in [5.74, 6) is -1.30. The molecular formula is C21H17NO4. The van der Waals surface area contributed by atoms with Crippen molar-refractivity contribution in [3.05, 3.63) is 96.1 Å². The number of benzene rings is 3. The lowest BCUT2D eigenvalue weighted by atomic mass is 10.1. The van der Waals surface area contributed by atoms with Crippen LogP contribution in [0.15, 0.2) is 84.9 Å². The van der Waals surface area contributed by atoms with Gasteiger partial charge in [0, 0.05) is 11.3 Å². The zero-order chi connectivity index (χ0) is 18.4. The van der Waals surface area contributed by atoms with Crippen LogP contribution < -0.4 is 10.1 Å². The van der Waals surface area contributed by atoms with Crippen molar-refractivity contribution >= 4 is 17.6 Å². The van der Waals surface area contributed by atoms with Gasteiger partial charge in [-0.2, -0.15) is 0 Å². The number of anilines is 1. The fourth-order valence-corrected chi connectivity index (χ4v) is 2.49. The Labute approximate surface area is 150 Å². The van der Waals surface area contributed by atoms with Crippen LogP contribution in [0.1, 0.15) is 22.0 Å². The van der Waals surface area contributed by atoms with E-state index >= 15 is 0 Å². The van der Waals surface area contributed by atoms with Crippen LogP contribution in [0.25, 0.3) is 0 Å². The molecule has 130 valence electrons. The lowest BCUT2D eigenvalue weighted by Crippen LogP contribution is -2.20. The van der Waals surface area contributed by atoms with Crippen LogP contribution in [0.4, 0.5) is 5.69 Å². The topological polar surface area (TPSA) is 75.6 Å². The summed E-state index contributed by atoms with van der Waals surface area (Å²) in [6.45, 7) is 0. The lowest BCUT2D eigenvalue weighted by molar-refractivity contribution is -0.145. The van der Waals surface area contributed by atoms with Crippen LogP contribution in [-0.2, 0) is 4.79 Å². The van der Waals surface area contributed by atoms with Crippen molar-refractivity contribution in [3.8, 4) is 5.75 Å². The minimum absolute atomic E-state index is 0.206. The van der Waals surface area contributed by atoms with Crippen molar-refractivity contribution < 1.29 is 19.4 Å². The number of para-hydroxylation sites is 2. The standard InChI is InChI=1S/C21H17NO4/c23-20(22-16-11-5-2-6-12-16)17-13-7-8-14-18(17)26-19(21(24)25)15-9-3-1-4-10-15/h1-14,19H,(H,22,23)(H,24,25). The van der Waals surface area contributed by atoms with Gasteiger partial charge in [0.25, 0.3) is 5.91 Å². The minimum atomic E-state index is -1.21. The number of ether oxygens (including phenoxy) is 1. The Hall–Kier alpha value is -3.60. The molecule has 0 heterocycles. The van der Waals surface area contributed by atoms with Crippen LogP contribution in [0.3, 0.4) is 0 Å². The Kier molecular flexibility index (Phi) is 5.29. The second-order valence-corrected chi connectivity index (χ2v) is 5.56. The average molecular weight is 347 g/mol. The molecule has 0 bridgehead atoms. The van der Waals surface area contributed by atoms with Gasteiger partial charge in [0.1, 0.15) is 5.75 Å². The molecule has 3 aromatic rings. The van der Waals surface area contributed by atoms with Gasteiger partial charge < -0.3 is 15.2 Å². The van der Waals surface area contributed by atoms with Crippen molar-refractivity contribution in [3.63, 3.8) is 0 Å². The SMILES string of the molecule is O=C(Nc1ccccc1)c1ccccc1OC(C(=O)O)c1ccccc1. The molecule has 2 N–H and O–H groups in total. The molecule has 0 saturated carbocycles. The maximum Gasteiger partial charge on any atom is 0.349 e. The number of hydrogen-bond donors (Lipinski definition) is 2. The number of carbonyl (C=O) groups is 2. The number of carboxylic acid groups (broad SMARTS) is 1. The van der Waals surface area contributed by atoms with E-state index in [9.17, 15) is 14.7 Å². The number of carbonyl (C=O) groups excluding carboxylic acids is 1. The molecule has 0 aliphatic rings. The molecule has 5 heteroatoms. The summed E-state index contributed by atoms with van der Waals surface area (Å²) < 4.78 is 5.69. The first-order chi connectivity index (χ1) is 12.6. The molecule has 0 spiro atoms. The fourth-order valence-electron chi connectivity index (χ4n) is 2.49. The van der Waals surface area contributed by atoms with Gasteiger partial charge in [-0.25, -0.2) is 4.79 Å². The Bertz CT molecular complexity index is 894. The first kappa shape index (κ1) is 17.2. The number of amides is 1. The minimum Gasteiger partial charge on any atom is -0.478 e. The second-order valence-electron chi connectivity index (χ2n) is 5.56. The average Bonchev–Trinajstić information content (AvgIpc) is 2.67. The molecule has 0 aliphatic heterocycles. The van der Waals surface area contributed by atoms with Crippen molar-refractivity contribution in [1.82, 2.24) is 0 Å². The van der Waals surface area contributed by atoms with E-state index in [4.69, 9.17) is 4.74 Å². The monoisotopic (exact) mass is 347 g/mol. The molecular weight excluding hydrogens is 330 g/mol. The molecule has 0 aliphatic carbocycles. The third-order valence-corrected chi connectivity index (χ3v) is 3.73. The molecule has 3 aromatic carbocycles. The molecule has 0 fully saturated rings. The maximum atomic E-state index is 12.6. The van der Waals surface area contributed by atoms with Crippen LogP contribution in [0.5, 0.6) is 5.75 Å². The van der Waals surface area contributed by atoms with Crippen molar-refractivity contribution in [1.29, 1.82) is 0 Å². The summed E-state index contributed by atoms with van der Waals surface area (Å²) in [5, 5.41) is 12.3. The quantitative estimate of drug-likeness (QED) is 0.702. The number of aliphatic carboxylic acids is 1. The summed E-state index contributed by atoms with van der Waals surface area (Å²) >= 11 is 0. The van der Waals surface area contributed by atoms with E-state index in [1.165, 1.54) is 0 Å². The molecule has 3 rings (SSSR count). The number of nitrogens with one attached hydrogen (secondary N) is 1. The highest BCUT2D eigenvalue weighted by Gasteiger charge is 2.24. The molecule has 0 saturated heterocycles. The highest BCUT2D eigenvalue weighted by atomic mass is 16.5. The van der Waals surface area contributed by atoms with Gasteiger partial charge in [0.05, 0.1) is 5.56 Å². The zero-order valence-corrected chi connectivity index (χ0v) is 13.8. The van der Waals surface area contributed by atoms with Crippen LogP contribution in [0.2, 0.25) is 0 Å². The molecule has 26 heavy (non-hydrogen) atoms. The third-order valence-electron chi connectivity index (χ3n) is 3.73. The van der Waals surface area contributed by atoms with Crippen LogP contribution >= 0.6 is 0 Å². The summed E-state index contributed by atoms with van der Waals surface area (Å²) in [6.07, 6.45) is -1.21. The lowest BCUT2D eigenvalue weighted by Gasteiger charge is -2.18. The van der Waals surface area contributed by atoms with E-state index in [1.807, 2.05) is 18.2 Å². The van der Waals surface area contributed by atoms with Crippen LogP contribution in [0, 0.1) is 0 Å². The van der Waals surface area contributed by atoms with Crippen molar-refractivity contribution in [2.24, 2.45) is 0 Å². The van der Waals surface area contributed by atoms with Gasteiger partial charge in [-0.15, -0.1) is 0 Å². The van der Waals surface area contributed by atoms with E-state index in [1.54, 1.807) is 66.7 Å². The van der Waals surface area contributed by atoms with Gasteiger partial charge in [-0.05, 0) is 24.3 Å². The molecule has 1 unspecified atom stereocenters. The van der Waals surface area contributed by atoms with Gasteiger partial charge >= 0.3 is 5.97 Å². The predicted molar refractivity (Wildman–Crippen MR) is 98.3 cm³/mol. The van der Waals surface area contributed by atoms with E-state index in [0.29, 0.717) is 11.3 Å². The van der Waals surface area contributed by atoms with E-state index in [2.05, 4.69) is 5.32 Å². The molecule has 1 amide bonds. The fraction of sp³-hybridized carbons (Fsp3) is 0.0476. The Morgan fingerprint density at radius 3 is 2.04 bits per heavy atom. The number of rotatable bonds is 6. The summed E-state index contributed by atoms with van der Waals surface area (Å²) in [6, 6.07) is 24.2. The molecule has 0 radical (unpaired) electrons. The summed E-state index contributed by atoms with van der Waals surface area (Å²) in [7, 11) is 0. The molecule has 0 aromatic heterocycles. The van der Waals surface area contributed by atoms with Crippen molar-refractivity contribution in [2.75, 3.05) is 5.32 Å². The van der Waals surface area contributed by atoms with E-state index in [0.717, 1.165) is 0 Å². The number of carboxylic acids is 1. The first-order valence-corrected chi connectivity index (χ1v) is 8.05. The Balaban J connectivity index is 1.86. The van der Waals surface area contributed by atoms with E-state index in [-0.39, 0.29) is 17.2 Å². The van der Waals surface area contributed by atoms with Gasteiger partial charge in [-0.1, -0.05) is 60.7 Å². The highest BCUT2D eigenvalue weighted by molar-refractivity contribution is 6.06. The molecule has 5 nitrogen and oxygen atoms in total. The van der Waals surface area contributed by atoms with Gasteiger partial charge in [0.15, 0.2) is 0 Å². The summed E-state index contributed by atoms with van der Waals surface area (Å²) in [5.41, 5.74) is 1.40. The predicted octanol–water partition coefficient (Wildman–Crippen LogP) is 4.14. The van der Waals surface area contributed by atoms with Gasteiger partial charge in [-0.3, -0.25) is 4.79 Å². The Morgan fingerprint density at radius 1 is 0.808 bits per heavy atom. The largest absolute Gasteiger partial charge is 0.478 e. The second kappa shape index (κ2) is 7.98. The maximum absolute atomic E-state index is 12.6. The number of hydrogen-bond acceptors (Lipinski definition) is 3. The van der Waals surface area contributed by atoms with E-state index < -0.39 is 12.1 Å². The smallest absolute Gasteiger partial charge is 0.349 e. The normalized spacial score (nSPS) is 11.4.